The highest BCUT2D eigenvalue weighted by Crippen LogP contribution is 2.14. The third kappa shape index (κ3) is 3.74. The Labute approximate surface area is 150 Å². The number of nitrogens with zero attached hydrogens (tertiary/aromatic N) is 2. The molecule has 25 heavy (non-hydrogen) atoms. The number of aromatic nitrogens is 2. The smallest absolute Gasteiger partial charge is 0.280 e. The summed E-state index contributed by atoms with van der Waals surface area (Å²) in [4.78, 5) is 18.7. The summed E-state index contributed by atoms with van der Waals surface area (Å²) in [6.07, 6.45) is 0.894. The third-order valence-corrected chi connectivity index (χ3v) is 4.99. The van der Waals surface area contributed by atoms with Gasteiger partial charge < -0.3 is 4.74 Å². The van der Waals surface area contributed by atoms with Gasteiger partial charge in [-0.05, 0) is 49.6 Å². The van der Waals surface area contributed by atoms with Crippen LogP contribution in [0.5, 0.6) is 5.75 Å². The second-order valence-electron chi connectivity index (χ2n) is 5.75. The average Bonchev–Trinajstić information content (AvgIpc) is 3.23. The van der Waals surface area contributed by atoms with E-state index in [4.69, 9.17) is 4.74 Å². The summed E-state index contributed by atoms with van der Waals surface area (Å²) >= 11 is 1.73. The van der Waals surface area contributed by atoms with Crippen LogP contribution in [0.3, 0.4) is 0 Å². The van der Waals surface area contributed by atoms with E-state index >= 15 is 0 Å². The molecular weight excluding hydrogens is 334 g/mol. The van der Waals surface area contributed by atoms with Crippen molar-refractivity contribution in [3.63, 3.8) is 0 Å². The van der Waals surface area contributed by atoms with Crippen molar-refractivity contribution in [2.75, 3.05) is 13.7 Å². The molecule has 2 heterocycles. The summed E-state index contributed by atoms with van der Waals surface area (Å²) in [6.45, 7) is 4.47. The predicted molar refractivity (Wildman–Crippen MR) is 103 cm³/mol. The van der Waals surface area contributed by atoms with Gasteiger partial charge in [-0.1, -0.05) is 6.07 Å². The van der Waals surface area contributed by atoms with Gasteiger partial charge in [0.25, 0.3) is 5.56 Å². The molecule has 0 amide bonds. The summed E-state index contributed by atoms with van der Waals surface area (Å²) in [7, 11) is 1.62. The van der Waals surface area contributed by atoms with Crippen molar-refractivity contribution in [2.24, 2.45) is 4.99 Å². The summed E-state index contributed by atoms with van der Waals surface area (Å²) in [5.41, 5.74) is 2.91. The van der Waals surface area contributed by atoms with Crippen molar-refractivity contribution in [1.29, 1.82) is 0 Å². The van der Waals surface area contributed by atoms with E-state index in [1.165, 1.54) is 4.88 Å². The molecule has 0 spiro atoms. The monoisotopic (exact) mass is 355 g/mol. The van der Waals surface area contributed by atoms with E-state index in [2.05, 4.69) is 21.5 Å². The summed E-state index contributed by atoms with van der Waals surface area (Å²) in [6, 6.07) is 11.5. The molecule has 1 aromatic carbocycles. The lowest BCUT2D eigenvalue weighted by molar-refractivity contribution is 0.414. The molecule has 3 aromatic rings. The maximum Gasteiger partial charge on any atom is 0.280 e. The highest BCUT2D eigenvalue weighted by atomic mass is 32.1. The Kier molecular flexibility index (Phi) is 5.19. The molecule has 6 heteroatoms. The first-order valence-electron chi connectivity index (χ1n) is 8.10. The van der Waals surface area contributed by atoms with E-state index in [1.807, 2.05) is 44.2 Å². The summed E-state index contributed by atoms with van der Waals surface area (Å²) in [5.74, 6) is 0.756. The van der Waals surface area contributed by atoms with Crippen molar-refractivity contribution in [2.45, 2.75) is 20.3 Å². The van der Waals surface area contributed by atoms with E-state index in [0.717, 1.165) is 29.3 Å². The highest BCUT2D eigenvalue weighted by Gasteiger charge is 2.14. The maximum atomic E-state index is 12.8. The number of ether oxygens (including phenoxy) is 1. The van der Waals surface area contributed by atoms with E-state index in [0.29, 0.717) is 12.1 Å². The molecule has 0 saturated carbocycles. The van der Waals surface area contributed by atoms with Gasteiger partial charge in [-0.25, -0.2) is 4.68 Å². The number of rotatable bonds is 6. The average molecular weight is 355 g/mol. The molecule has 0 unspecified atom stereocenters. The van der Waals surface area contributed by atoms with Gasteiger partial charge in [0.2, 0.25) is 0 Å². The standard InChI is InChI=1S/C19H21N3O2S/c1-13(20-11-10-17-5-4-12-25-17)18-14(2)21-22(19(18)23)15-6-8-16(24-3)9-7-15/h4-9,12,21H,10-11H2,1-3H3. The Morgan fingerprint density at radius 3 is 2.68 bits per heavy atom. The second-order valence-corrected chi connectivity index (χ2v) is 6.78. The van der Waals surface area contributed by atoms with Crippen LogP contribution in [0.2, 0.25) is 0 Å². The minimum absolute atomic E-state index is 0.0833. The van der Waals surface area contributed by atoms with E-state index in [1.54, 1.807) is 23.1 Å². The number of benzene rings is 1. The van der Waals surface area contributed by atoms with E-state index in [-0.39, 0.29) is 5.56 Å². The molecule has 1 N–H and O–H groups in total. The van der Waals surface area contributed by atoms with Crippen molar-refractivity contribution in [3.8, 4) is 11.4 Å². The first-order valence-corrected chi connectivity index (χ1v) is 8.98. The first-order chi connectivity index (χ1) is 12.1. The Morgan fingerprint density at radius 2 is 2.04 bits per heavy atom. The van der Waals surface area contributed by atoms with Gasteiger partial charge >= 0.3 is 0 Å². The number of aliphatic imine (C=N–C) groups is 1. The number of aromatic amines is 1. The minimum atomic E-state index is -0.0833. The van der Waals surface area contributed by atoms with Crippen LogP contribution in [0.25, 0.3) is 5.69 Å². The van der Waals surface area contributed by atoms with Crippen LogP contribution < -0.4 is 10.3 Å². The van der Waals surface area contributed by atoms with Gasteiger partial charge in [0.05, 0.1) is 18.4 Å². The molecule has 0 aliphatic heterocycles. The number of hydrogen-bond acceptors (Lipinski definition) is 4. The molecule has 0 aliphatic carbocycles. The van der Waals surface area contributed by atoms with Crippen molar-refractivity contribution < 1.29 is 4.74 Å². The lowest BCUT2D eigenvalue weighted by Gasteiger charge is -2.03. The predicted octanol–water partition coefficient (Wildman–Crippen LogP) is 3.60. The molecule has 5 nitrogen and oxygen atoms in total. The number of aryl methyl sites for hydroxylation is 1. The topological polar surface area (TPSA) is 59.4 Å². The first kappa shape index (κ1) is 17.2. The summed E-state index contributed by atoms with van der Waals surface area (Å²) in [5, 5.41) is 5.20. The SMILES string of the molecule is COc1ccc(-n2[nH]c(C)c(C(C)=NCCc3cccs3)c2=O)cc1. The number of nitrogens with one attached hydrogen (secondary N) is 1. The van der Waals surface area contributed by atoms with Gasteiger partial charge in [-0.3, -0.25) is 14.9 Å². The fraction of sp³-hybridized carbons (Fsp3) is 0.263. The van der Waals surface area contributed by atoms with Crippen LogP contribution in [0.15, 0.2) is 51.6 Å². The molecule has 2 aromatic heterocycles. The molecular formula is C19H21N3O2S. The third-order valence-electron chi connectivity index (χ3n) is 4.05. The van der Waals surface area contributed by atoms with Crippen LogP contribution in [0.1, 0.15) is 23.1 Å². The fourth-order valence-corrected chi connectivity index (χ4v) is 3.45. The quantitative estimate of drug-likeness (QED) is 0.687. The van der Waals surface area contributed by atoms with E-state index in [9.17, 15) is 4.79 Å². The maximum absolute atomic E-state index is 12.8. The van der Waals surface area contributed by atoms with Crippen LogP contribution in [-0.2, 0) is 6.42 Å². The molecule has 0 radical (unpaired) electrons. The van der Waals surface area contributed by atoms with Gasteiger partial charge in [0.15, 0.2) is 0 Å². The molecule has 0 aliphatic rings. The number of methoxy groups -OCH3 is 1. The molecule has 0 fully saturated rings. The zero-order chi connectivity index (χ0) is 17.8. The van der Waals surface area contributed by atoms with Crippen LogP contribution in [0, 0.1) is 6.92 Å². The zero-order valence-electron chi connectivity index (χ0n) is 14.6. The van der Waals surface area contributed by atoms with Gasteiger partial charge in [0.1, 0.15) is 5.75 Å². The number of hydrogen-bond donors (Lipinski definition) is 1. The van der Waals surface area contributed by atoms with Gasteiger partial charge in [-0.15, -0.1) is 11.3 Å². The van der Waals surface area contributed by atoms with Crippen molar-refractivity contribution in [1.82, 2.24) is 9.78 Å². The highest BCUT2D eigenvalue weighted by molar-refractivity contribution is 7.09. The van der Waals surface area contributed by atoms with Gasteiger partial charge in [-0.2, -0.15) is 0 Å². The zero-order valence-corrected chi connectivity index (χ0v) is 15.4. The molecule has 3 rings (SSSR count). The minimum Gasteiger partial charge on any atom is -0.497 e. The lowest BCUT2D eigenvalue weighted by atomic mass is 10.2. The van der Waals surface area contributed by atoms with Crippen molar-refractivity contribution in [3.05, 3.63) is 68.3 Å². The fourth-order valence-electron chi connectivity index (χ4n) is 2.75. The lowest BCUT2D eigenvalue weighted by Crippen LogP contribution is -2.19. The Morgan fingerprint density at radius 1 is 1.28 bits per heavy atom. The Hall–Kier alpha value is -2.60. The number of thiophene rings is 1. The number of H-pyrrole nitrogens is 1. The second kappa shape index (κ2) is 7.53. The molecule has 0 saturated heterocycles. The summed E-state index contributed by atoms with van der Waals surface area (Å²) < 4.78 is 6.71. The largest absolute Gasteiger partial charge is 0.497 e. The Balaban J connectivity index is 1.84. The van der Waals surface area contributed by atoms with Gasteiger partial charge in [0, 0.05) is 29.2 Å². The van der Waals surface area contributed by atoms with Crippen LogP contribution in [-0.4, -0.2) is 29.1 Å². The normalized spacial score (nSPS) is 11.7. The van der Waals surface area contributed by atoms with E-state index < -0.39 is 0 Å². The molecule has 130 valence electrons. The molecule has 0 atom stereocenters. The molecule has 0 bridgehead atoms. The van der Waals surface area contributed by atoms with Crippen LogP contribution in [0.4, 0.5) is 0 Å². The van der Waals surface area contributed by atoms with Crippen LogP contribution >= 0.6 is 11.3 Å². The van der Waals surface area contributed by atoms with Crippen molar-refractivity contribution >= 4 is 17.0 Å². The Bertz CT molecular complexity index is 919.